The molecule has 5 nitrogen and oxygen atoms in total. The summed E-state index contributed by atoms with van der Waals surface area (Å²) < 4.78 is 19.6. The Hall–Kier alpha value is -2.14. The third-order valence-corrected chi connectivity index (χ3v) is 9.49. The van der Waals surface area contributed by atoms with Gasteiger partial charge in [0.05, 0.1) is 0 Å². The van der Waals surface area contributed by atoms with Gasteiger partial charge in [0.15, 0.2) is 0 Å². The summed E-state index contributed by atoms with van der Waals surface area (Å²) in [4.78, 5) is 25.7. The van der Waals surface area contributed by atoms with Gasteiger partial charge in [0.2, 0.25) is 0 Å². The molecule has 2 aliphatic heterocycles. The van der Waals surface area contributed by atoms with Crippen LogP contribution in [0.25, 0.3) is 6.08 Å². The predicted octanol–water partition coefficient (Wildman–Crippen LogP) is 6.11. The number of esters is 2. The van der Waals surface area contributed by atoms with Crippen LogP contribution < -0.4 is 0 Å². The minimum absolute atomic E-state index is 0.173. The van der Waals surface area contributed by atoms with E-state index in [1.165, 1.54) is 19.3 Å². The number of carbonyl (C=O) groups is 2. The Bertz CT molecular complexity index is 951. The van der Waals surface area contributed by atoms with Gasteiger partial charge in [0.25, 0.3) is 0 Å². The van der Waals surface area contributed by atoms with Crippen LogP contribution in [0.4, 0.5) is 0 Å². The summed E-state index contributed by atoms with van der Waals surface area (Å²) in [6, 6.07) is 9.83. The molecule has 1 aromatic rings. The SMILES string of the molecule is CCC(=O)O[C@@H]1C[C@]2(C3CCCCC3)O[C@@]1(C)[C@@H]1CCC(C)C1[C@@H]2OC(=O)/C=C/c1ccccc1. The van der Waals surface area contributed by atoms with Crippen LogP contribution in [0.1, 0.15) is 84.1 Å². The number of hydrogen-bond acceptors (Lipinski definition) is 5. The zero-order chi connectivity index (χ0) is 24.6. The summed E-state index contributed by atoms with van der Waals surface area (Å²) in [6.45, 7) is 6.29. The summed E-state index contributed by atoms with van der Waals surface area (Å²) in [5, 5.41) is 0. The normalized spacial score (nSPS) is 38.9. The smallest absolute Gasteiger partial charge is 0.331 e. The van der Waals surface area contributed by atoms with Crippen molar-refractivity contribution in [2.75, 3.05) is 0 Å². The maximum Gasteiger partial charge on any atom is 0.331 e. The maximum atomic E-state index is 13.2. The lowest BCUT2D eigenvalue weighted by molar-refractivity contribution is -0.270. The molecule has 1 aromatic carbocycles. The fourth-order valence-electron chi connectivity index (χ4n) is 7.77. The second kappa shape index (κ2) is 9.72. The Balaban J connectivity index is 1.50. The van der Waals surface area contributed by atoms with E-state index in [9.17, 15) is 9.59 Å². The monoisotopic (exact) mass is 480 g/mol. The van der Waals surface area contributed by atoms with Gasteiger partial charge in [-0.2, -0.15) is 0 Å². The van der Waals surface area contributed by atoms with E-state index in [1.54, 1.807) is 6.08 Å². The molecule has 35 heavy (non-hydrogen) atoms. The third-order valence-electron chi connectivity index (χ3n) is 9.49. The van der Waals surface area contributed by atoms with Gasteiger partial charge in [0.1, 0.15) is 23.4 Å². The van der Waals surface area contributed by atoms with Crippen molar-refractivity contribution in [1.29, 1.82) is 0 Å². The van der Waals surface area contributed by atoms with Crippen LogP contribution in [-0.2, 0) is 23.8 Å². The molecule has 5 rings (SSSR count). The first kappa shape index (κ1) is 24.5. The molecule has 0 N–H and O–H groups in total. The van der Waals surface area contributed by atoms with Gasteiger partial charge in [0, 0.05) is 24.8 Å². The van der Waals surface area contributed by atoms with Crippen molar-refractivity contribution < 1.29 is 23.8 Å². The van der Waals surface area contributed by atoms with Crippen LogP contribution in [0.2, 0.25) is 0 Å². The number of ether oxygens (including phenoxy) is 3. The molecule has 4 fully saturated rings. The topological polar surface area (TPSA) is 61.8 Å². The Kier molecular flexibility index (Phi) is 6.82. The lowest BCUT2D eigenvalue weighted by atomic mass is 9.66. The molecule has 0 amide bonds. The van der Waals surface area contributed by atoms with Crippen molar-refractivity contribution in [3.05, 3.63) is 42.0 Å². The molecule has 2 bridgehead atoms. The van der Waals surface area contributed by atoms with E-state index in [4.69, 9.17) is 14.2 Å². The first-order valence-corrected chi connectivity index (χ1v) is 13.7. The van der Waals surface area contributed by atoms with Gasteiger partial charge in [-0.05, 0) is 62.0 Å². The first-order valence-electron chi connectivity index (χ1n) is 13.7. The fraction of sp³-hybridized carbons (Fsp3) is 0.667. The first-order chi connectivity index (χ1) is 16.9. The molecule has 0 radical (unpaired) electrons. The highest BCUT2D eigenvalue weighted by Crippen LogP contribution is 2.64. The molecular formula is C30H40O5. The highest BCUT2D eigenvalue weighted by Gasteiger charge is 2.73. The summed E-state index contributed by atoms with van der Waals surface area (Å²) in [5.41, 5.74) is -0.150. The van der Waals surface area contributed by atoms with Crippen LogP contribution in [0.15, 0.2) is 36.4 Å². The zero-order valence-electron chi connectivity index (χ0n) is 21.4. The largest absolute Gasteiger partial charge is 0.459 e. The van der Waals surface area contributed by atoms with Crippen molar-refractivity contribution >= 4 is 18.0 Å². The van der Waals surface area contributed by atoms with E-state index in [0.29, 0.717) is 24.7 Å². The fourth-order valence-corrected chi connectivity index (χ4v) is 7.77. The number of hydrogen-bond donors (Lipinski definition) is 0. The minimum atomic E-state index is -0.593. The second-order valence-corrected chi connectivity index (χ2v) is 11.5. The van der Waals surface area contributed by atoms with Gasteiger partial charge in [-0.15, -0.1) is 0 Å². The standard InChI is InChI=1S/C30H40O5/c1-4-25(31)33-24-19-30(22-13-9-6-10-14-22)28(27-20(2)15-17-23(27)29(24,3)35-30)34-26(32)18-16-21-11-7-5-8-12-21/h5,7-8,11-12,16,18,20,22-24,27-28H,4,6,9-10,13-15,17,19H2,1-3H3/b18-16+/t20?,23-,24-,27?,28+,29+,30-/m1/s1. The number of carbonyl (C=O) groups excluding carboxylic acids is 2. The highest BCUT2D eigenvalue weighted by atomic mass is 16.6. The molecule has 2 heterocycles. The van der Waals surface area contributed by atoms with E-state index < -0.39 is 11.2 Å². The van der Waals surface area contributed by atoms with Gasteiger partial charge in [-0.25, -0.2) is 4.79 Å². The highest BCUT2D eigenvalue weighted by molar-refractivity contribution is 5.87. The molecule has 2 unspecified atom stereocenters. The number of benzene rings is 1. The van der Waals surface area contributed by atoms with Crippen LogP contribution >= 0.6 is 0 Å². The predicted molar refractivity (Wildman–Crippen MR) is 134 cm³/mol. The Morgan fingerprint density at radius 1 is 1.06 bits per heavy atom. The van der Waals surface area contributed by atoms with E-state index in [0.717, 1.165) is 31.2 Å². The van der Waals surface area contributed by atoms with E-state index in [-0.39, 0.29) is 36.0 Å². The quantitative estimate of drug-likeness (QED) is 0.363. The molecule has 190 valence electrons. The average molecular weight is 481 g/mol. The lowest BCUT2D eigenvalue weighted by Crippen LogP contribution is -2.63. The van der Waals surface area contributed by atoms with Crippen molar-refractivity contribution in [2.45, 2.75) is 102 Å². The Morgan fingerprint density at radius 3 is 2.51 bits per heavy atom. The zero-order valence-corrected chi connectivity index (χ0v) is 21.4. The van der Waals surface area contributed by atoms with E-state index >= 15 is 0 Å². The van der Waals surface area contributed by atoms with Crippen LogP contribution in [0, 0.1) is 23.7 Å². The summed E-state index contributed by atoms with van der Waals surface area (Å²) in [7, 11) is 0. The lowest BCUT2D eigenvalue weighted by Gasteiger charge is -2.54. The van der Waals surface area contributed by atoms with E-state index in [2.05, 4.69) is 13.8 Å². The van der Waals surface area contributed by atoms with Crippen LogP contribution in [-0.4, -0.2) is 35.3 Å². The van der Waals surface area contributed by atoms with Crippen LogP contribution in [0.3, 0.4) is 0 Å². The summed E-state index contributed by atoms with van der Waals surface area (Å²) in [5.74, 6) is 0.687. The van der Waals surface area contributed by atoms with Gasteiger partial charge in [-0.3, -0.25) is 4.79 Å². The molecule has 0 spiro atoms. The van der Waals surface area contributed by atoms with Crippen LogP contribution in [0.5, 0.6) is 0 Å². The van der Waals surface area contributed by atoms with E-state index in [1.807, 2.05) is 43.3 Å². The minimum Gasteiger partial charge on any atom is -0.459 e. The molecule has 5 heteroatoms. The summed E-state index contributed by atoms with van der Waals surface area (Å²) in [6.07, 6.45) is 11.6. The number of fused-ring (bicyclic) bond motifs is 4. The molecule has 7 atom stereocenters. The van der Waals surface area contributed by atoms with Crippen molar-refractivity contribution in [1.82, 2.24) is 0 Å². The molecule has 2 saturated carbocycles. The van der Waals surface area contributed by atoms with Crippen molar-refractivity contribution in [2.24, 2.45) is 23.7 Å². The second-order valence-electron chi connectivity index (χ2n) is 11.5. The molecule has 2 saturated heterocycles. The average Bonchev–Trinajstić information content (AvgIpc) is 3.39. The van der Waals surface area contributed by atoms with Crippen molar-refractivity contribution in [3.63, 3.8) is 0 Å². The molecule has 4 aliphatic rings. The van der Waals surface area contributed by atoms with Gasteiger partial charge < -0.3 is 14.2 Å². The maximum absolute atomic E-state index is 13.2. The Labute approximate surface area is 209 Å². The molecule has 0 aromatic heterocycles. The summed E-state index contributed by atoms with van der Waals surface area (Å²) >= 11 is 0. The Morgan fingerprint density at radius 2 is 1.80 bits per heavy atom. The van der Waals surface area contributed by atoms with Gasteiger partial charge in [-0.1, -0.05) is 63.4 Å². The number of rotatable bonds is 6. The molecular weight excluding hydrogens is 440 g/mol. The molecule has 2 aliphatic carbocycles. The van der Waals surface area contributed by atoms with Crippen molar-refractivity contribution in [3.8, 4) is 0 Å². The van der Waals surface area contributed by atoms with Gasteiger partial charge >= 0.3 is 11.9 Å². The third kappa shape index (κ3) is 4.34.